The minimum atomic E-state index is -0.112. The van der Waals surface area contributed by atoms with Crippen molar-refractivity contribution in [2.75, 3.05) is 13.1 Å². The van der Waals surface area contributed by atoms with E-state index in [2.05, 4.69) is 4.90 Å². The van der Waals surface area contributed by atoms with E-state index in [1.54, 1.807) is 6.07 Å². The number of rotatable bonds is 2. The van der Waals surface area contributed by atoms with E-state index in [1.807, 2.05) is 19.1 Å². The van der Waals surface area contributed by atoms with E-state index < -0.39 is 0 Å². The van der Waals surface area contributed by atoms with Crippen molar-refractivity contribution in [2.24, 2.45) is 17.6 Å². The lowest BCUT2D eigenvalue weighted by molar-refractivity contribution is 0.298. The quantitative estimate of drug-likeness (QED) is 0.870. The van der Waals surface area contributed by atoms with Gasteiger partial charge in [-0.15, -0.1) is 0 Å². The molecule has 1 aliphatic carbocycles. The van der Waals surface area contributed by atoms with E-state index in [0.717, 1.165) is 31.1 Å². The topological polar surface area (TPSA) is 29.3 Å². The summed E-state index contributed by atoms with van der Waals surface area (Å²) in [6, 6.07) is 5.84. The number of benzene rings is 1. The smallest absolute Gasteiger partial charge is 0.126 e. The molecule has 1 heterocycles. The lowest BCUT2D eigenvalue weighted by atomic mass is 9.98. The summed E-state index contributed by atoms with van der Waals surface area (Å²) in [5.41, 5.74) is 8.09. The Balaban J connectivity index is 1.66. The van der Waals surface area contributed by atoms with Gasteiger partial charge in [0.25, 0.3) is 0 Å². The van der Waals surface area contributed by atoms with Gasteiger partial charge in [-0.2, -0.15) is 0 Å². The first-order chi connectivity index (χ1) is 8.63. The van der Waals surface area contributed by atoms with Gasteiger partial charge in [0, 0.05) is 25.7 Å². The van der Waals surface area contributed by atoms with Crippen LogP contribution in [0.1, 0.15) is 24.0 Å². The number of fused-ring (bicyclic) bond motifs is 1. The molecule has 2 aliphatic rings. The molecule has 1 saturated carbocycles. The highest BCUT2D eigenvalue weighted by molar-refractivity contribution is 5.24. The van der Waals surface area contributed by atoms with Crippen LogP contribution in [0.25, 0.3) is 0 Å². The Kier molecular flexibility index (Phi) is 3.12. The minimum Gasteiger partial charge on any atom is -0.327 e. The van der Waals surface area contributed by atoms with Crippen LogP contribution >= 0.6 is 0 Å². The Labute approximate surface area is 108 Å². The lowest BCUT2D eigenvalue weighted by Crippen LogP contribution is -2.30. The van der Waals surface area contributed by atoms with Crippen LogP contribution < -0.4 is 5.73 Å². The molecule has 3 heteroatoms. The van der Waals surface area contributed by atoms with Gasteiger partial charge in [-0.05, 0) is 48.8 Å². The van der Waals surface area contributed by atoms with Crippen LogP contribution in [0.4, 0.5) is 4.39 Å². The molecule has 3 atom stereocenters. The van der Waals surface area contributed by atoms with Gasteiger partial charge in [-0.3, -0.25) is 4.90 Å². The van der Waals surface area contributed by atoms with Crippen molar-refractivity contribution in [3.63, 3.8) is 0 Å². The molecule has 1 aromatic carbocycles. The Hall–Kier alpha value is -0.930. The summed E-state index contributed by atoms with van der Waals surface area (Å²) in [6.45, 7) is 5.03. The molecule has 98 valence electrons. The number of hydrogen-bond acceptors (Lipinski definition) is 2. The molecule has 0 bridgehead atoms. The fourth-order valence-corrected chi connectivity index (χ4v) is 3.59. The Morgan fingerprint density at radius 2 is 2.17 bits per heavy atom. The predicted octanol–water partition coefficient (Wildman–Crippen LogP) is 2.30. The highest BCUT2D eigenvalue weighted by Gasteiger charge is 2.40. The van der Waals surface area contributed by atoms with E-state index >= 15 is 0 Å². The average molecular weight is 248 g/mol. The first-order valence-corrected chi connectivity index (χ1v) is 6.86. The van der Waals surface area contributed by atoms with Gasteiger partial charge >= 0.3 is 0 Å². The molecular formula is C15H21FN2. The summed E-state index contributed by atoms with van der Waals surface area (Å²) >= 11 is 0. The molecule has 2 fully saturated rings. The largest absolute Gasteiger partial charge is 0.327 e. The molecule has 0 spiro atoms. The minimum absolute atomic E-state index is 0.112. The van der Waals surface area contributed by atoms with Crippen molar-refractivity contribution in [3.05, 3.63) is 35.1 Å². The number of halogens is 1. The standard InChI is InChI=1S/C15H21FN2/c1-10-6-11(2-4-14(10)16)7-18-8-12-3-5-15(17)13(12)9-18/h2,4,6,12-13,15H,3,5,7-9,17H2,1H3. The maximum Gasteiger partial charge on any atom is 0.126 e. The van der Waals surface area contributed by atoms with Gasteiger partial charge < -0.3 is 5.73 Å². The van der Waals surface area contributed by atoms with Gasteiger partial charge in [0.05, 0.1) is 0 Å². The van der Waals surface area contributed by atoms with Crippen LogP contribution in [-0.4, -0.2) is 24.0 Å². The molecular weight excluding hydrogens is 227 g/mol. The summed E-state index contributed by atoms with van der Waals surface area (Å²) in [7, 11) is 0. The fourth-order valence-electron chi connectivity index (χ4n) is 3.59. The van der Waals surface area contributed by atoms with Crippen LogP contribution in [0.2, 0.25) is 0 Å². The maximum absolute atomic E-state index is 13.2. The Morgan fingerprint density at radius 3 is 2.89 bits per heavy atom. The predicted molar refractivity (Wildman–Crippen MR) is 70.6 cm³/mol. The molecule has 0 amide bonds. The number of nitrogens with zero attached hydrogens (tertiary/aromatic N) is 1. The van der Waals surface area contributed by atoms with Crippen LogP contribution in [0.15, 0.2) is 18.2 Å². The molecule has 1 saturated heterocycles. The van der Waals surface area contributed by atoms with Gasteiger partial charge in [0.2, 0.25) is 0 Å². The zero-order valence-corrected chi connectivity index (χ0v) is 10.9. The highest BCUT2D eigenvalue weighted by atomic mass is 19.1. The van der Waals surface area contributed by atoms with E-state index in [9.17, 15) is 4.39 Å². The molecule has 1 aromatic rings. The van der Waals surface area contributed by atoms with Crippen LogP contribution in [0.3, 0.4) is 0 Å². The van der Waals surface area contributed by atoms with Crippen molar-refractivity contribution >= 4 is 0 Å². The summed E-state index contributed by atoms with van der Waals surface area (Å²) in [5, 5.41) is 0. The summed E-state index contributed by atoms with van der Waals surface area (Å²) in [6.07, 6.45) is 2.48. The second-order valence-corrected chi connectivity index (χ2v) is 5.94. The lowest BCUT2D eigenvalue weighted by Gasteiger charge is -2.18. The molecule has 3 unspecified atom stereocenters. The molecule has 2 N–H and O–H groups in total. The third-order valence-corrected chi connectivity index (χ3v) is 4.62. The Bertz CT molecular complexity index is 446. The SMILES string of the molecule is Cc1cc(CN2CC3CCC(N)C3C2)ccc1F. The number of likely N-dealkylation sites (tertiary alicyclic amines) is 1. The highest BCUT2D eigenvalue weighted by Crippen LogP contribution is 2.37. The van der Waals surface area contributed by atoms with Crippen molar-refractivity contribution in [1.82, 2.24) is 4.90 Å². The molecule has 18 heavy (non-hydrogen) atoms. The maximum atomic E-state index is 13.2. The fraction of sp³-hybridized carbons (Fsp3) is 0.600. The van der Waals surface area contributed by atoms with Gasteiger partial charge in [0.1, 0.15) is 5.82 Å². The number of nitrogens with two attached hydrogens (primary N) is 1. The van der Waals surface area contributed by atoms with Crippen molar-refractivity contribution in [3.8, 4) is 0 Å². The van der Waals surface area contributed by atoms with Crippen molar-refractivity contribution in [1.29, 1.82) is 0 Å². The van der Waals surface area contributed by atoms with Crippen molar-refractivity contribution < 1.29 is 4.39 Å². The van der Waals surface area contributed by atoms with Gasteiger partial charge in [-0.25, -0.2) is 4.39 Å². The summed E-state index contributed by atoms with van der Waals surface area (Å²) in [5.74, 6) is 1.37. The summed E-state index contributed by atoms with van der Waals surface area (Å²) in [4.78, 5) is 2.47. The third kappa shape index (κ3) is 2.17. The first kappa shape index (κ1) is 12.1. The van der Waals surface area contributed by atoms with Crippen LogP contribution in [-0.2, 0) is 6.54 Å². The molecule has 0 radical (unpaired) electrons. The Morgan fingerprint density at radius 1 is 1.33 bits per heavy atom. The van der Waals surface area contributed by atoms with Gasteiger partial charge in [-0.1, -0.05) is 12.1 Å². The van der Waals surface area contributed by atoms with E-state index in [0.29, 0.717) is 12.0 Å². The average Bonchev–Trinajstić information content (AvgIpc) is 2.87. The first-order valence-electron chi connectivity index (χ1n) is 6.86. The second-order valence-electron chi connectivity index (χ2n) is 5.94. The second kappa shape index (κ2) is 4.63. The molecule has 3 rings (SSSR count). The third-order valence-electron chi connectivity index (χ3n) is 4.62. The zero-order valence-electron chi connectivity index (χ0n) is 10.9. The number of aryl methyl sites for hydroxylation is 1. The van der Waals surface area contributed by atoms with Crippen LogP contribution in [0.5, 0.6) is 0 Å². The molecule has 2 nitrogen and oxygen atoms in total. The number of hydrogen-bond donors (Lipinski definition) is 1. The molecule has 0 aromatic heterocycles. The van der Waals surface area contributed by atoms with E-state index in [1.165, 1.54) is 18.4 Å². The zero-order chi connectivity index (χ0) is 12.7. The van der Waals surface area contributed by atoms with Gasteiger partial charge in [0.15, 0.2) is 0 Å². The molecule has 1 aliphatic heterocycles. The monoisotopic (exact) mass is 248 g/mol. The van der Waals surface area contributed by atoms with Crippen LogP contribution in [0, 0.1) is 24.6 Å². The normalized spacial score (nSPS) is 31.8. The summed E-state index contributed by atoms with van der Waals surface area (Å²) < 4.78 is 13.2. The van der Waals surface area contributed by atoms with E-state index in [4.69, 9.17) is 5.73 Å². The van der Waals surface area contributed by atoms with Crippen molar-refractivity contribution in [2.45, 2.75) is 32.4 Å². The van der Waals surface area contributed by atoms with E-state index in [-0.39, 0.29) is 5.82 Å².